The molecule has 5 N–H and O–H groups in total. The number of ketones is 2. The number of hydrogen-bond donors (Lipinski definition) is 3. The van der Waals surface area contributed by atoms with Crippen LogP contribution in [0.4, 0.5) is 11.4 Å². The summed E-state index contributed by atoms with van der Waals surface area (Å²) in [5, 5.41) is 9.58. The van der Waals surface area contributed by atoms with Crippen LogP contribution < -0.4 is 11.5 Å². The van der Waals surface area contributed by atoms with Crippen LogP contribution in [0.2, 0.25) is 0 Å². The first-order valence-electron chi connectivity index (χ1n) is 5.61. The van der Waals surface area contributed by atoms with E-state index in [1.165, 1.54) is 12.1 Å². The van der Waals surface area contributed by atoms with Crippen LogP contribution >= 0.6 is 0 Å². The van der Waals surface area contributed by atoms with Crippen LogP contribution in [0.25, 0.3) is 0 Å². The van der Waals surface area contributed by atoms with Crippen LogP contribution in [0.15, 0.2) is 30.3 Å². The van der Waals surface area contributed by atoms with E-state index in [9.17, 15) is 14.7 Å². The second-order valence-corrected chi connectivity index (χ2v) is 4.38. The molecule has 1 aliphatic carbocycles. The van der Waals surface area contributed by atoms with Crippen LogP contribution in [0.1, 0.15) is 31.8 Å². The standard InChI is InChI=1S/C14H10N2O3/c15-9-3-1-2-6-12(9)14(19)8-5-11(17)10(16)4-7(8)13(6)18/h1-5,17H,15-16H2. The van der Waals surface area contributed by atoms with Crippen molar-refractivity contribution >= 4 is 22.9 Å². The monoisotopic (exact) mass is 254 g/mol. The minimum atomic E-state index is -0.377. The average Bonchev–Trinajstić information content (AvgIpc) is 2.38. The van der Waals surface area contributed by atoms with Gasteiger partial charge in [-0.15, -0.1) is 0 Å². The van der Waals surface area contributed by atoms with Crippen molar-refractivity contribution in [2.45, 2.75) is 0 Å². The van der Waals surface area contributed by atoms with Crippen molar-refractivity contribution in [1.29, 1.82) is 0 Å². The lowest BCUT2D eigenvalue weighted by atomic mass is 9.83. The Hall–Kier alpha value is -2.82. The molecule has 2 aromatic carbocycles. The first-order chi connectivity index (χ1) is 9.00. The Bertz CT molecular complexity index is 751. The summed E-state index contributed by atoms with van der Waals surface area (Å²) in [6, 6.07) is 7.26. The molecule has 5 nitrogen and oxygen atoms in total. The number of aromatic hydroxyl groups is 1. The second kappa shape index (κ2) is 3.58. The van der Waals surface area contributed by atoms with Gasteiger partial charge in [0.05, 0.1) is 11.3 Å². The molecule has 0 aliphatic heterocycles. The molecule has 0 radical (unpaired) electrons. The van der Waals surface area contributed by atoms with Crippen molar-refractivity contribution in [3.8, 4) is 5.75 Å². The fourth-order valence-electron chi connectivity index (χ4n) is 2.27. The van der Waals surface area contributed by atoms with Gasteiger partial charge >= 0.3 is 0 Å². The number of hydrogen-bond acceptors (Lipinski definition) is 5. The number of nitrogen functional groups attached to an aromatic ring is 2. The van der Waals surface area contributed by atoms with Gasteiger partial charge in [-0.2, -0.15) is 0 Å². The van der Waals surface area contributed by atoms with E-state index in [1.807, 2.05) is 0 Å². The highest BCUT2D eigenvalue weighted by Gasteiger charge is 2.31. The molecule has 0 saturated carbocycles. The maximum absolute atomic E-state index is 12.4. The summed E-state index contributed by atoms with van der Waals surface area (Å²) < 4.78 is 0. The molecule has 5 heteroatoms. The number of carbonyl (C=O) groups excluding carboxylic acids is 2. The van der Waals surface area contributed by atoms with Crippen LogP contribution in [0.5, 0.6) is 5.75 Å². The Balaban J connectivity index is 2.36. The molecule has 3 rings (SSSR count). The van der Waals surface area contributed by atoms with E-state index in [0.29, 0.717) is 0 Å². The summed E-state index contributed by atoms with van der Waals surface area (Å²) >= 11 is 0. The average molecular weight is 254 g/mol. The van der Waals surface area contributed by atoms with Gasteiger partial charge in [0.2, 0.25) is 0 Å². The number of nitrogens with two attached hydrogens (primary N) is 2. The molecule has 2 aromatic rings. The van der Waals surface area contributed by atoms with Crippen LogP contribution in [-0.2, 0) is 0 Å². The summed E-state index contributed by atoms with van der Waals surface area (Å²) in [6.45, 7) is 0. The first-order valence-corrected chi connectivity index (χ1v) is 5.61. The number of phenolic OH excluding ortho intramolecular Hbond substituents is 1. The maximum Gasteiger partial charge on any atom is 0.196 e. The zero-order chi connectivity index (χ0) is 13.7. The Morgan fingerprint density at radius 3 is 2.26 bits per heavy atom. The van der Waals surface area contributed by atoms with Gasteiger partial charge in [0.1, 0.15) is 5.75 Å². The molecule has 19 heavy (non-hydrogen) atoms. The zero-order valence-corrected chi connectivity index (χ0v) is 9.81. The van der Waals surface area contributed by atoms with Gasteiger partial charge in [-0.05, 0) is 18.2 Å². The van der Waals surface area contributed by atoms with Gasteiger partial charge in [-0.1, -0.05) is 12.1 Å². The Morgan fingerprint density at radius 2 is 1.53 bits per heavy atom. The van der Waals surface area contributed by atoms with Gasteiger partial charge in [0.15, 0.2) is 11.6 Å². The Morgan fingerprint density at radius 1 is 0.842 bits per heavy atom. The smallest absolute Gasteiger partial charge is 0.196 e. The lowest BCUT2D eigenvalue weighted by Gasteiger charge is -2.19. The fraction of sp³-hybridized carbons (Fsp3) is 0. The highest BCUT2D eigenvalue weighted by atomic mass is 16.3. The summed E-state index contributed by atoms with van der Waals surface area (Å²) in [5.74, 6) is -0.917. The molecular weight excluding hydrogens is 244 g/mol. The molecule has 0 amide bonds. The van der Waals surface area contributed by atoms with E-state index in [2.05, 4.69) is 0 Å². The summed E-state index contributed by atoms with van der Waals surface area (Å²) in [6.07, 6.45) is 0. The molecule has 0 aromatic heterocycles. The molecule has 0 spiro atoms. The molecule has 0 heterocycles. The maximum atomic E-state index is 12.4. The third-order valence-corrected chi connectivity index (χ3v) is 3.22. The number of phenols is 1. The van der Waals surface area contributed by atoms with Crippen LogP contribution in [-0.4, -0.2) is 16.7 Å². The van der Waals surface area contributed by atoms with Gasteiger partial charge in [0.25, 0.3) is 0 Å². The molecule has 94 valence electrons. The van der Waals surface area contributed by atoms with Gasteiger partial charge < -0.3 is 16.6 Å². The van der Waals surface area contributed by atoms with E-state index in [-0.39, 0.29) is 50.9 Å². The summed E-state index contributed by atoms with van der Waals surface area (Å²) in [7, 11) is 0. The number of anilines is 2. The normalized spacial score (nSPS) is 13.1. The van der Waals surface area contributed by atoms with Crippen molar-refractivity contribution < 1.29 is 14.7 Å². The lowest BCUT2D eigenvalue weighted by Crippen LogP contribution is -2.22. The van der Waals surface area contributed by atoms with E-state index in [1.54, 1.807) is 18.2 Å². The minimum absolute atomic E-state index is 0.0623. The highest BCUT2D eigenvalue weighted by Crippen LogP contribution is 2.34. The van der Waals surface area contributed by atoms with Crippen molar-refractivity contribution in [2.75, 3.05) is 11.5 Å². The molecular formula is C14H10N2O3. The predicted octanol–water partition coefficient (Wildman–Crippen LogP) is 1.33. The summed E-state index contributed by atoms with van der Waals surface area (Å²) in [4.78, 5) is 24.7. The van der Waals surface area contributed by atoms with Crippen LogP contribution in [0, 0.1) is 0 Å². The number of carbonyl (C=O) groups is 2. The molecule has 0 unspecified atom stereocenters. The van der Waals surface area contributed by atoms with E-state index >= 15 is 0 Å². The predicted molar refractivity (Wildman–Crippen MR) is 70.2 cm³/mol. The number of benzene rings is 2. The molecule has 0 fully saturated rings. The van der Waals surface area contributed by atoms with E-state index in [0.717, 1.165) is 0 Å². The molecule has 0 atom stereocenters. The Labute approximate surface area is 108 Å². The van der Waals surface area contributed by atoms with Crippen molar-refractivity contribution in [2.24, 2.45) is 0 Å². The molecule has 0 saturated heterocycles. The molecule has 1 aliphatic rings. The Kier molecular flexibility index (Phi) is 2.13. The van der Waals surface area contributed by atoms with Crippen molar-refractivity contribution in [3.63, 3.8) is 0 Å². The van der Waals surface area contributed by atoms with Crippen molar-refractivity contribution in [1.82, 2.24) is 0 Å². The van der Waals surface area contributed by atoms with E-state index < -0.39 is 0 Å². The van der Waals surface area contributed by atoms with Crippen molar-refractivity contribution in [3.05, 3.63) is 52.6 Å². The lowest BCUT2D eigenvalue weighted by molar-refractivity contribution is 0.0979. The van der Waals surface area contributed by atoms with Gasteiger partial charge in [-0.3, -0.25) is 9.59 Å². The fourth-order valence-corrected chi connectivity index (χ4v) is 2.27. The highest BCUT2D eigenvalue weighted by molar-refractivity contribution is 6.30. The third kappa shape index (κ3) is 1.41. The van der Waals surface area contributed by atoms with Gasteiger partial charge in [0, 0.05) is 22.4 Å². The minimum Gasteiger partial charge on any atom is -0.506 e. The summed E-state index contributed by atoms with van der Waals surface area (Å²) in [5.41, 5.74) is 12.4. The third-order valence-electron chi connectivity index (χ3n) is 3.22. The first kappa shape index (κ1) is 11.3. The topological polar surface area (TPSA) is 106 Å². The quantitative estimate of drug-likeness (QED) is 0.414. The van der Waals surface area contributed by atoms with Gasteiger partial charge in [-0.25, -0.2) is 0 Å². The molecule has 0 bridgehead atoms. The largest absolute Gasteiger partial charge is 0.506 e. The second-order valence-electron chi connectivity index (χ2n) is 4.38. The zero-order valence-electron chi connectivity index (χ0n) is 9.81. The SMILES string of the molecule is Nc1cc2c(cc1O)C(=O)c1c(N)cccc1C2=O. The number of fused-ring (bicyclic) bond motifs is 2. The van der Waals surface area contributed by atoms with E-state index in [4.69, 9.17) is 11.5 Å². The number of rotatable bonds is 0. The van der Waals surface area contributed by atoms with Crippen LogP contribution in [0.3, 0.4) is 0 Å².